The second-order valence-corrected chi connectivity index (χ2v) is 5.20. The fraction of sp³-hybridized carbons (Fsp3) is 0.750. The third-order valence-electron chi connectivity index (χ3n) is 3.09. The van der Waals surface area contributed by atoms with Crippen molar-refractivity contribution < 1.29 is 9.59 Å². The summed E-state index contributed by atoms with van der Waals surface area (Å²) in [5.74, 6) is -1.60. The quantitative estimate of drug-likeness (QED) is 0.251. The number of unbranched alkanes of at least 4 members (excludes halogenated alkanes) is 8. The smallest absolute Gasteiger partial charge is 0.262 e. The Morgan fingerprint density at radius 3 is 1.50 bits per heavy atom. The topological polar surface area (TPSA) is 82.9 Å². The van der Waals surface area contributed by atoms with Crippen LogP contribution in [-0.2, 0) is 9.59 Å². The largest absolute Gasteiger partial charge is 0.331 e. The summed E-state index contributed by atoms with van der Waals surface area (Å²) in [4.78, 5) is 22.7. The summed E-state index contributed by atoms with van der Waals surface area (Å²) in [6, 6.07) is 0. The second-order valence-electron chi connectivity index (χ2n) is 5.20. The number of hydrazone groups is 2. The van der Waals surface area contributed by atoms with E-state index in [0.29, 0.717) is 0 Å². The molecule has 22 heavy (non-hydrogen) atoms. The zero-order valence-electron chi connectivity index (χ0n) is 13.9. The normalized spacial score (nSPS) is 11.2. The number of amides is 2. The summed E-state index contributed by atoms with van der Waals surface area (Å²) in [7, 11) is 0. The highest BCUT2D eigenvalue weighted by molar-refractivity contribution is 6.35. The van der Waals surface area contributed by atoms with Gasteiger partial charge in [-0.05, 0) is 25.7 Å². The summed E-state index contributed by atoms with van der Waals surface area (Å²) < 4.78 is 0. The minimum atomic E-state index is -0.798. The summed E-state index contributed by atoms with van der Waals surface area (Å²) in [6.07, 6.45) is 14.0. The Morgan fingerprint density at radius 2 is 1.14 bits per heavy atom. The van der Waals surface area contributed by atoms with Gasteiger partial charge in [0.1, 0.15) is 0 Å². The molecule has 0 aromatic rings. The minimum Gasteiger partial charge on any atom is -0.262 e. The average Bonchev–Trinajstić information content (AvgIpc) is 2.52. The zero-order valence-corrected chi connectivity index (χ0v) is 13.9. The molecule has 0 spiro atoms. The molecule has 0 aromatic heterocycles. The van der Waals surface area contributed by atoms with E-state index in [1.165, 1.54) is 25.7 Å². The molecule has 0 aliphatic rings. The van der Waals surface area contributed by atoms with E-state index < -0.39 is 11.8 Å². The molecule has 126 valence electrons. The first-order valence-corrected chi connectivity index (χ1v) is 8.35. The van der Waals surface area contributed by atoms with Crippen LogP contribution in [0.1, 0.15) is 78.1 Å². The van der Waals surface area contributed by atoms with E-state index in [-0.39, 0.29) is 0 Å². The molecule has 0 rings (SSSR count). The summed E-state index contributed by atoms with van der Waals surface area (Å²) in [6.45, 7) is 4.31. The van der Waals surface area contributed by atoms with Crippen molar-refractivity contribution in [2.45, 2.75) is 78.1 Å². The van der Waals surface area contributed by atoms with Crippen molar-refractivity contribution >= 4 is 24.2 Å². The van der Waals surface area contributed by atoms with Crippen LogP contribution in [0, 0.1) is 0 Å². The molecule has 0 bridgehead atoms. The van der Waals surface area contributed by atoms with Crippen molar-refractivity contribution in [3.63, 3.8) is 0 Å². The monoisotopic (exact) mass is 310 g/mol. The molecule has 0 saturated heterocycles. The van der Waals surface area contributed by atoms with Crippen LogP contribution in [-0.4, -0.2) is 24.2 Å². The Bertz CT molecular complexity index is 320. The lowest BCUT2D eigenvalue weighted by atomic mass is 10.2. The van der Waals surface area contributed by atoms with E-state index >= 15 is 0 Å². The van der Waals surface area contributed by atoms with E-state index in [1.54, 1.807) is 12.4 Å². The summed E-state index contributed by atoms with van der Waals surface area (Å²) in [5.41, 5.74) is 4.37. The fourth-order valence-corrected chi connectivity index (χ4v) is 1.76. The van der Waals surface area contributed by atoms with E-state index in [0.717, 1.165) is 38.5 Å². The molecule has 0 aromatic carbocycles. The van der Waals surface area contributed by atoms with Crippen molar-refractivity contribution in [3.8, 4) is 0 Å². The van der Waals surface area contributed by atoms with Crippen LogP contribution < -0.4 is 10.9 Å². The first-order valence-electron chi connectivity index (χ1n) is 8.35. The standard InChI is InChI=1S/C16H30N4O2/c1-3-5-7-9-11-13-17-19-15(21)16(22)20-18-14-12-10-8-6-4-2/h13-14H,3-12H2,1-2H3,(H,19,21)(H,20,22)/b17-13-,18-14-. The van der Waals surface area contributed by atoms with Crippen LogP contribution in [0.2, 0.25) is 0 Å². The van der Waals surface area contributed by atoms with Crippen LogP contribution in [0.25, 0.3) is 0 Å². The van der Waals surface area contributed by atoms with Gasteiger partial charge >= 0.3 is 11.8 Å². The predicted molar refractivity (Wildman–Crippen MR) is 90.8 cm³/mol. The van der Waals surface area contributed by atoms with Crippen molar-refractivity contribution in [2.24, 2.45) is 10.2 Å². The van der Waals surface area contributed by atoms with Gasteiger partial charge in [0.05, 0.1) is 0 Å². The number of rotatable bonds is 12. The molecular weight excluding hydrogens is 280 g/mol. The Labute approximate surface area is 133 Å². The Morgan fingerprint density at radius 1 is 0.727 bits per heavy atom. The van der Waals surface area contributed by atoms with Gasteiger partial charge in [0.25, 0.3) is 0 Å². The highest BCUT2D eigenvalue weighted by Gasteiger charge is 2.10. The molecule has 2 N–H and O–H groups in total. The van der Waals surface area contributed by atoms with E-state index in [2.05, 4.69) is 34.9 Å². The van der Waals surface area contributed by atoms with Crippen molar-refractivity contribution in [2.75, 3.05) is 0 Å². The number of carbonyl (C=O) groups is 2. The molecule has 6 nitrogen and oxygen atoms in total. The zero-order chi connectivity index (χ0) is 16.5. The lowest BCUT2D eigenvalue weighted by Crippen LogP contribution is -2.35. The van der Waals surface area contributed by atoms with E-state index in [9.17, 15) is 9.59 Å². The van der Waals surface area contributed by atoms with E-state index in [1.807, 2.05) is 0 Å². The third-order valence-corrected chi connectivity index (χ3v) is 3.09. The maximum absolute atomic E-state index is 11.4. The molecule has 0 heterocycles. The molecule has 0 atom stereocenters. The first-order chi connectivity index (χ1) is 10.7. The number of carbonyl (C=O) groups excluding carboxylic acids is 2. The van der Waals surface area contributed by atoms with Gasteiger partial charge in [0.2, 0.25) is 0 Å². The van der Waals surface area contributed by atoms with Gasteiger partial charge in [-0.2, -0.15) is 10.2 Å². The van der Waals surface area contributed by atoms with Crippen molar-refractivity contribution in [1.82, 2.24) is 10.9 Å². The van der Waals surface area contributed by atoms with Crippen LogP contribution >= 0.6 is 0 Å². The summed E-state index contributed by atoms with van der Waals surface area (Å²) >= 11 is 0. The third kappa shape index (κ3) is 13.3. The van der Waals surface area contributed by atoms with Gasteiger partial charge in [0.15, 0.2) is 0 Å². The molecule has 6 heteroatoms. The lowest BCUT2D eigenvalue weighted by Gasteiger charge is -1.98. The maximum atomic E-state index is 11.4. The number of nitrogens with one attached hydrogen (secondary N) is 2. The highest BCUT2D eigenvalue weighted by atomic mass is 16.2. The Kier molecular flexibility index (Phi) is 14.4. The van der Waals surface area contributed by atoms with Crippen LogP contribution in [0.4, 0.5) is 0 Å². The predicted octanol–water partition coefficient (Wildman–Crippen LogP) is 3.13. The summed E-state index contributed by atoms with van der Waals surface area (Å²) in [5, 5.41) is 7.46. The van der Waals surface area contributed by atoms with E-state index in [4.69, 9.17) is 0 Å². The molecule has 0 aliphatic heterocycles. The van der Waals surface area contributed by atoms with Crippen LogP contribution in [0.3, 0.4) is 0 Å². The first kappa shape index (κ1) is 20.3. The number of hydrogen-bond donors (Lipinski definition) is 2. The molecule has 0 saturated carbocycles. The van der Waals surface area contributed by atoms with Crippen molar-refractivity contribution in [3.05, 3.63) is 0 Å². The molecule has 0 aliphatic carbocycles. The Balaban J connectivity index is 3.63. The minimum absolute atomic E-state index is 0.798. The van der Waals surface area contributed by atoms with Gasteiger partial charge < -0.3 is 0 Å². The fourth-order valence-electron chi connectivity index (χ4n) is 1.76. The van der Waals surface area contributed by atoms with Gasteiger partial charge in [-0.15, -0.1) is 0 Å². The SMILES string of the molecule is CCCCCC/C=N\NC(=O)C(=O)N/N=C\CCCCCC. The maximum Gasteiger partial charge on any atom is 0.331 e. The van der Waals surface area contributed by atoms with Gasteiger partial charge in [0, 0.05) is 12.4 Å². The molecule has 2 amide bonds. The molecule has 0 fully saturated rings. The number of hydrogen-bond acceptors (Lipinski definition) is 4. The van der Waals surface area contributed by atoms with Crippen LogP contribution in [0.5, 0.6) is 0 Å². The highest BCUT2D eigenvalue weighted by Crippen LogP contribution is 2.00. The average molecular weight is 310 g/mol. The molecule has 0 radical (unpaired) electrons. The molecular formula is C16H30N4O2. The van der Waals surface area contributed by atoms with Crippen molar-refractivity contribution in [1.29, 1.82) is 0 Å². The van der Waals surface area contributed by atoms with Gasteiger partial charge in [-0.1, -0.05) is 52.4 Å². The lowest BCUT2D eigenvalue weighted by molar-refractivity contribution is -0.139. The van der Waals surface area contributed by atoms with Gasteiger partial charge in [-0.3, -0.25) is 9.59 Å². The van der Waals surface area contributed by atoms with Crippen LogP contribution in [0.15, 0.2) is 10.2 Å². The Hall–Kier alpha value is -1.72. The van der Waals surface area contributed by atoms with Gasteiger partial charge in [-0.25, -0.2) is 10.9 Å². The second kappa shape index (κ2) is 15.7. The molecule has 0 unspecified atom stereocenters. The number of nitrogens with zero attached hydrogens (tertiary/aromatic N) is 2.